The Bertz CT molecular complexity index is 366. The highest BCUT2D eigenvalue weighted by Gasteiger charge is 2.31. The Hall–Kier alpha value is -1.03. The number of benzene rings is 1. The number of halogens is 3. The van der Waals surface area contributed by atoms with Gasteiger partial charge in [0.15, 0.2) is 0 Å². The first kappa shape index (κ1) is 12.0. The summed E-state index contributed by atoms with van der Waals surface area (Å²) in [4.78, 5) is 0. The van der Waals surface area contributed by atoms with Crippen LogP contribution in [0.25, 0.3) is 0 Å². The van der Waals surface area contributed by atoms with Gasteiger partial charge in [-0.3, -0.25) is 0 Å². The average Bonchev–Trinajstić information content (AvgIpc) is 2.17. The highest BCUT2D eigenvalue weighted by molar-refractivity contribution is 6.93. The van der Waals surface area contributed by atoms with E-state index in [1.165, 1.54) is 12.1 Å². The second-order valence-electron chi connectivity index (χ2n) is 4.00. The molecule has 1 rings (SSSR count). The van der Waals surface area contributed by atoms with Gasteiger partial charge in [0.25, 0.3) is 0 Å². The van der Waals surface area contributed by atoms with Crippen LogP contribution >= 0.6 is 0 Å². The summed E-state index contributed by atoms with van der Waals surface area (Å²) in [6.07, 6.45) is -4.26. The zero-order chi connectivity index (χ0) is 11.7. The molecule has 1 aromatic carbocycles. The number of alkyl halides is 3. The van der Waals surface area contributed by atoms with E-state index in [4.69, 9.17) is 0 Å². The molecule has 0 saturated heterocycles. The Morgan fingerprint density at radius 2 is 1.87 bits per heavy atom. The van der Waals surface area contributed by atoms with Gasteiger partial charge < -0.3 is 0 Å². The largest absolute Gasteiger partial charge is 0.416 e. The van der Waals surface area contributed by atoms with Gasteiger partial charge in [-0.1, -0.05) is 48.2 Å². The van der Waals surface area contributed by atoms with Crippen molar-refractivity contribution in [3.63, 3.8) is 0 Å². The highest BCUT2D eigenvalue weighted by atomic mass is 28.3. The molecule has 0 unspecified atom stereocenters. The minimum Gasteiger partial charge on any atom is -0.166 e. The standard InChI is InChI=1S/C11H13F3Si/c1-4-15(2,3)10-7-5-6-9(8-10)11(12,13)14/h4-8H,1H2,2-3H3. The van der Waals surface area contributed by atoms with Crippen molar-refractivity contribution >= 4 is 13.3 Å². The van der Waals surface area contributed by atoms with Gasteiger partial charge in [-0.25, -0.2) is 0 Å². The molecule has 1 aromatic rings. The summed E-state index contributed by atoms with van der Waals surface area (Å²) in [5.74, 6) is 0. The molecule has 0 amide bonds. The van der Waals surface area contributed by atoms with Crippen molar-refractivity contribution in [1.82, 2.24) is 0 Å². The molecule has 0 saturated carbocycles. The van der Waals surface area contributed by atoms with E-state index in [1.54, 1.807) is 11.8 Å². The molecule has 0 nitrogen and oxygen atoms in total. The summed E-state index contributed by atoms with van der Waals surface area (Å²) < 4.78 is 37.3. The van der Waals surface area contributed by atoms with E-state index in [0.29, 0.717) is 0 Å². The Labute approximate surface area is 88.4 Å². The van der Waals surface area contributed by atoms with E-state index in [-0.39, 0.29) is 0 Å². The predicted octanol–water partition coefficient (Wildman–Crippen LogP) is 3.35. The maximum Gasteiger partial charge on any atom is 0.416 e. The quantitative estimate of drug-likeness (QED) is 0.683. The second-order valence-corrected chi connectivity index (χ2v) is 8.43. The lowest BCUT2D eigenvalue weighted by atomic mass is 10.2. The lowest BCUT2D eigenvalue weighted by Gasteiger charge is -2.19. The van der Waals surface area contributed by atoms with Crippen molar-refractivity contribution in [1.29, 1.82) is 0 Å². The predicted molar refractivity (Wildman–Crippen MR) is 58.8 cm³/mol. The van der Waals surface area contributed by atoms with Crippen LogP contribution in [0.3, 0.4) is 0 Å². The Balaban J connectivity index is 3.20. The van der Waals surface area contributed by atoms with Crippen LogP contribution in [-0.4, -0.2) is 8.07 Å². The highest BCUT2D eigenvalue weighted by Crippen LogP contribution is 2.28. The van der Waals surface area contributed by atoms with Crippen molar-refractivity contribution in [2.75, 3.05) is 0 Å². The normalized spacial score (nSPS) is 12.6. The SMILES string of the molecule is C=C[Si](C)(C)c1cccc(C(F)(F)F)c1. The van der Waals surface area contributed by atoms with Gasteiger partial charge in [0.2, 0.25) is 0 Å². The molecule has 0 fully saturated rings. The fourth-order valence-corrected chi connectivity index (χ4v) is 2.50. The van der Waals surface area contributed by atoms with Gasteiger partial charge in [-0.05, 0) is 0 Å². The molecule has 0 aromatic heterocycles. The molecule has 0 aliphatic heterocycles. The number of rotatable bonds is 2. The zero-order valence-corrected chi connectivity index (χ0v) is 9.73. The van der Waals surface area contributed by atoms with E-state index in [0.717, 1.165) is 11.3 Å². The van der Waals surface area contributed by atoms with Crippen molar-refractivity contribution in [3.05, 3.63) is 42.1 Å². The Morgan fingerprint density at radius 1 is 1.27 bits per heavy atom. The summed E-state index contributed by atoms with van der Waals surface area (Å²) >= 11 is 0. The third-order valence-electron chi connectivity index (χ3n) is 2.44. The lowest BCUT2D eigenvalue weighted by molar-refractivity contribution is -0.137. The zero-order valence-electron chi connectivity index (χ0n) is 8.73. The third-order valence-corrected chi connectivity index (χ3v) is 5.26. The van der Waals surface area contributed by atoms with Crippen molar-refractivity contribution < 1.29 is 13.2 Å². The molecule has 0 heterocycles. The van der Waals surface area contributed by atoms with Crippen LogP contribution in [0.5, 0.6) is 0 Å². The van der Waals surface area contributed by atoms with Crippen LogP contribution in [0.4, 0.5) is 13.2 Å². The summed E-state index contributed by atoms with van der Waals surface area (Å²) in [6.45, 7) is 7.62. The van der Waals surface area contributed by atoms with E-state index < -0.39 is 19.8 Å². The smallest absolute Gasteiger partial charge is 0.166 e. The second kappa shape index (κ2) is 3.85. The molecule has 0 aliphatic carbocycles. The summed E-state index contributed by atoms with van der Waals surface area (Å²) in [5.41, 5.74) is 1.20. The minimum atomic E-state index is -4.26. The molecule has 0 N–H and O–H groups in total. The Morgan fingerprint density at radius 3 is 2.33 bits per heavy atom. The van der Waals surface area contributed by atoms with Gasteiger partial charge in [-0.15, -0.1) is 6.58 Å². The first-order valence-corrected chi connectivity index (χ1v) is 7.66. The van der Waals surface area contributed by atoms with E-state index in [9.17, 15) is 13.2 Å². The van der Waals surface area contributed by atoms with Crippen LogP contribution in [0, 0.1) is 0 Å². The Kier molecular flexibility index (Phi) is 3.09. The first-order chi connectivity index (χ1) is 6.77. The van der Waals surface area contributed by atoms with Crippen LogP contribution in [0.15, 0.2) is 36.5 Å². The minimum absolute atomic E-state index is 0.581. The van der Waals surface area contributed by atoms with Crippen LogP contribution in [-0.2, 0) is 6.18 Å². The van der Waals surface area contributed by atoms with Crippen molar-refractivity contribution in [2.24, 2.45) is 0 Å². The molecule has 82 valence electrons. The molecule has 0 spiro atoms. The number of hydrogen-bond acceptors (Lipinski definition) is 0. The maximum absolute atomic E-state index is 12.4. The fraction of sp³-hybridized carbons (Fsp3) is 0.273. The lowest BCUT2D eigenvalue weighted by Crippen LogP contribution is -2.39. The topological polar surface area (TPSA) is 0 Å². The van der Waals surface area contributed by atoms with Gasteiger partial charge in [0.05, 0.1) is 5.56 Å². The molecule has 4 heteroatoms. The van der Waals surface area contributed by atoms with Crippen LogP contribution < -0.4 is 5.19 Å². The average molecular weight is 230 g/mol. The van der Waals surface area contributed by atoms with Crippen LogP contribution in [0.2, 0.25) is 13.1 Å². The third kappa shape index (κ3) is 2.72. The van der Waals surface area contributed by atoms with Crippen LogP contribution in [0.1, 0.15) is 5.56 Å². The summed E-state index contributed by atoms with van der Waals surface area (Å²) in [6, 6.07) is 5.52. The van der Waals surface area contributed by atoms with Crippen molar-refractivity contribution in [3.8, 4) is 0 Å². The van der Waals surface area contributed by atoms with Gasteiger partial charge in [-0.2, -0.15) is 13.2 Å². The summed E-state index contributed by atoms with van der Waals surface area (Å²) in [7, 11) is -1.90. The summed E-state index contributed by atoms with van der Waals surface area (Å²) in [5, 5.41) is 0.757. The molecule has 15 heavy (non-hydrogen) atoms. The van der Waals surface area contributed by atoms with E-state index in [1.807, 2.05) is 13.1 Å². The molecule has 0 aliphatic rings. The fourth-order valence-electron chi connectivity index (χ4n) is 1.21. The molecular formula is C11H13F3Si. The van der Waals surface area contributed by atoms with E-state index >= 15 is 0 Å². The molecule has 0 bridgehead atoms. The van der Waals surface area contributed by atoms with Gasteiger partial charge >= 0.3 is 6.18 Å². The molecule has 0 atom stereocenters. The van der Waals surface area contributed by atoms with Crippen molar-refractivity contribution in [2.45, 2.75) is 19.3 Å². The number of hydrogen-bond donors (Lipinski definition) is 0. The van der Waals surface area contributed by atoms with E-state index in [2.05, 4.69) is 6.58 Å². The monoisotopic (exact) mass is 230 g/mol. The molecular weight excluding hydrogens is 217 g/mol. The van der Waals surface area contributed by atoms with Gasteiger partial charge in [0, 0.05) is 0 Å². The molecule has 0 radical (unpaired) electrons. The van der Waals surface area contributed by atoms with Gasteiger partial charge in [0.1, 0.15) is 8.07 Å². The first-order valence-electron chi connectivity index (χ1n) is 4.59. The maximum atomic E-state index is 12.4.